The Morgan fingerprint density at radius 2 is 2.18 bits per heavy atom. The van der Waals surface area contributed by atoms with E-state index in [9.17, 15) is 4.79 Å². The van der Waals surface area contributed by atoms with Crippen molar-refractivity contribution in [3.8, 4) is 11.5 Å². The monoisotopic (exact) mass is 325 g/mol. The summed E-state index contributed by atoms with van der Waals surface area (Å²) in [5.41, 5.74) is 0. The summed E-state index contributed by atoms with van der Waals surface area (Å²) in [7, 11) is 3.20. The molecule has 0 radical (unpaired) electrons. The van der Waals surface area contributed by atoms with Crippen LogP contribution in [0.2, 0.25) is 0 Å². The first-order valence-corrected chi connectivity index (χ1v) is 8.30. The number of carbonyl (C=O) groups is 1. The standard InChI is InChI=1S/C16H23NO4S/c1-11(16(18)17-10-12-5-4-8-21-12)22-13-6-7-14(19-2)15(9-13)20-3/h6-7,9,11-12H,4-5,8,10H2,1-3H3,(H,17,18)/t11-,12+/m0/s1. The fraction of sp³-hybridized carbons (Fsp3) is 0.562. The minimum atomic E-state index is -0.181. The molecule has 2 rings (SSSR count). The van der Waals surface area contributed by atoms with Crippen LogP contribution in [-0.2, 0) is 9.53 Å². The van der Waals surface area contributed by atoms with Crippen molar-refractivity contribution < 1.29 is 19.0 Å². The van der Waals surface area contributed by atoms with Crippen LogP contribution in [0.5, 0.6) is 11.5 Å². The number of benzene rings is 1. The van der Waals surface area contributed by atoms with Crippen LogP contribution in [0.15, 0.2) is 23.1 Å². The molecule has 0 unspecified atom stereocenters. The zero-order valence-corrected chi connectivity index (χ0v) is 14.1. The molecule has 1 aliphatic heterocycles. The van der Waals surface area contributed by atoms with Crippen LogP contribution in [0, 0.1) is 0 Å². The second-order valence-electron chi connectivity index (χ2n) is 5.16. The Morgan fingerprint density at radius 3 is 2.82 bits per heavy atom. The quantitative estimate of drug-likeness (QED) is 0.781. The van der Waals surface area contributed by atoms with Gasteiger partial charge in [-0.05, 0) is 38.0 Å². The molecule has 6 heteroatoms. The molecule has 1 aromatic carbocycles. The minimum Gasteiger partial charge on any atom is -0.493 e. The van der Waals surface area contributed by atoms with Gasteiger partial charge in [-0.1, -0.05) is 0 Å². The fourth-order valence-electron chi connectivity index (χ4n) is 2.31. The van der Waals surface area contributed by atoms with Gasteiger partial charge >= 0.3 is 0 Å². The van der Waals surface area contributed by atoms with Crippen molar-refractivity contribution in [2.45, 2.75) is 36.0 Å². The fourth-order valence-corrected chi connectivity index (χ4v) is 3.23. The summed E-state index contributed by atoms with van der Waals surface area (Å²) in [5, 5.41) is 2.77. The minimum absolute atomic E-state index is 0.0234. The van der Waals surface area contributed by atoms with Crippen LogP contribution in [0.1, 0.15) is 19.8 Å². The Kier molecular flexibility index (Phi) is 6.39. The van der Waals surface area contributed by atoms with Crippen LogP contribution < -0.4 is 14.8 Å². The van der Waals surface area contributed by atoms with Gasteiger partial charge in [-0.3, -0.25) is 4.79 Å². The maximum absolute atomic E-state index is 12.1. The molecule has 5 nitrogen and oxygen atoms in total. The van der Waals surface area contributed by atoms with E-state index in [2.05, 4.69) is 5.32 Å². The van der Waals surface area contributed by atoms with E-state index in [-0.39, 0.29) is 17.3 Å². The number of nitrogens with one attached hydrogen (secondary N) is 1. The smallest absolute Gasteiger partial charge is 0.233 e. The van der Waals surface area contributed by atoms with Crippen molar-refractivity contribution in [3.63, 3.8) is 0 Å². The zero-order valence-electron chi connectivity index (χ0n) is 13.3. The maximum atomic E-state index is 12.1. The summed E-state index contributed by atoms with van der Waals surface area (Å²) in [6, 6.07) is 5.65. The van der Waals surface area contributed by atoms with Gasteiger partial charge < -0.3 is 19.5 Å². The second kappa shape index (κ2) is 8.29. The van der Waals surface area contributed by atoms with E-state index >= 15 is 0 Å². The molecular weight excluding hydrogens is 302 g/mol. The van der Waals surface area contributed by atoms with E-state index in [1.165, 1.54) is 11.8 Å². The van der Waals surface area contributed by atoms with E-state index in [0.717, 1.165) is 24.3 Å². The molecule has 0 saturated carbocycles. The van der Waals surface area contributed by atoms with Gasteiger partial charge in [0.15, 0.2) is 11.5 Å². The van der Waals surface area contributed by atoms with E-state index < -0.39 is 0 Å². The molecule has 1 amide bonds. The van der Waals surface area contributed by atoms with Crippen molar-refractivity contribution in [3.05, 3.63) is 18.2 Å². The largest absolute Gasteiger partial charge is 0.493 e. The van der Waals surface area contributed by atoms with Crippen molar-refractivity contribution in [2.75, 3.05) is 27.4 Å². The molecule has 1 aliphatic rings. The summed E-state index contributed by atoms with van der Waals surface area (Å²) >= 11 is 1.49. The predicted molar refractivity (Wildman–Crippen MR) is 86.8 cm³/mol. The molecule has 1 aromatic rings. The van der Waals surface area contributed by atoms with Gasteiger partial charge in [0.25, 0.3) is 0 Å². The number of hydrogen-bond acceptors (Lipinski definition) is 5. The van der Waals surface area contributed by atoms with E-state index in [4.69, 9.17) is 14.2 Å². The van der Waals surface area contributed by atoms with Crippen molar-refractivity contribution in [1.82, 2.24) is 5.32 Å². The van der Waals surface area contributed by atoms with Crippen LogP contribution in [0.4, 0.5) is 0 Å². The molecule has 1 saturated heterocycles. The molecule has 0 aliphatic carbocycles. The van der Waals surface area contributed by atoms with Crippen molar-refractivity contribution in [1.29, 1.82) is 0 Å². The van der Waals surface area contributed by atoms with Gasteiger partial charge in [0, 0.05) is 18.0 Å². The van der Waals surface area contributed by atoms with Crippen LogP contribution in [0.25, 0.3) is 0 Å². The van der Waals surface area contributed by atoms with Gasteiger partial charge in [0.2, 0.25) is 5.91 Å². The number of thioether (sulfide) groups is 1. The first-order valence-electron chi connectivity index (χ1n) is 7.42. The maximum Gasteiger partial charge on any atom is 0.233 e. The molecular formula is C16H23NO4S. The summed E-state index contributed by atoms with van der Waals surface area (Å²) in [6.07, 6.45) is 2.27. The SMILES string of the molecule is COc1ccc(S[C@@H](C)C(=O)NC[C@H]2CCCO2)cc1OC. The van der Waals surface area contributed by atoms with Gasteiger partial charge in [0.05, 0.1) is 25.6 Å². The molecule has 0 aromatic heterocycles. The Balaban J connectivity index is 1.87. The third-order valence-electron chi connectivity index (χ3n) is 3.57. The number of amides is 1. The lowest BCUT2D eigenvalue weighted by Gasteiger charge is -2.15. The van der Waals surface area contributed by atoms with Crippen LogP contribution in [0.3, 0.4) is 0 Å². The van der Waals surface area contributed by atoms with Gasteiger partial charge in [0.1, 0.15) is 0 Å². The number of hydrogen-bond donors (Lipinski definition) is 1. The second-order valence-corrected chi connectivity index (χ2v) is 6.57. The molecule has 0 bridgehead atoms. The van der Waals surface area contributed by atoms with Crippen molar-refractivity contribution in [2.24, 2.45) is 0 Å². The topological polar surface area (TPSA) is 56.8 Å². The molecule has 0 spiro atoms. The van der Waals surface area contributed by atoms with Gasteiger partial charge in [-0.15, -0.1) is 11.8 Å². The van der Waals surface area contributed by atoms with Crippen LogP contribution >= 0.6 is 11.8 Å². The lowest BCUT2D eigenvalue weighted by Crippen LogP contribution is -2.36. The van der Waals surface area contributed by atoms with Gasteiger partial charge in [-0.25, -0.2) is 0 Å². The predicted octanol–water partition coefficient (Wildman–Crippen LogP) is 2.48. The average Bonchev–Trinajstić information content (AvgIpc) is 3.05. The third kappa shape index (κ3) is 4.55. The molecule has 2 atom stereocenters. The number of carbonyl (C=O) groups excluding carboxylic acids is 1. The summed E-state index contributed by atoms with van der Waals surface area (Å²) in [5.74, 6) is 1.37. The zero-order chi connectivity index (χ0) is 15.9. The first kappa shape index (κ1) is 17.0. The van der Waals surface area contributed by atoms with E-state index in [0.29, 0.717) is 18.0 Å². The third-order valence-corrected chi connectivity index (χ3v) is 4.66. The Labute approximate surface area is 135 Å². The highest BCUT2D eigenvalue weighted by molar-refractivity contribution is 8.00. The normalized spacial score (nSPS) is 18.8. The molecule has 1 heterocycles. The number of rotatable bonds is 7. The van der Waals surface area contributed by atoms with E-state index in [1.807, 2.05) is 25.1 Å². The Hall–Kier alpha value is -1.40. The highest BCUT2D eigenvalue weighted by atomic mass is 32.2. The van der Waals surface area contributed by atoms with Gasteiger partial charge in [-0.2, -0.15) is 0 Å². The number of ether oxygens (including phenoxy) is 3. The van der Waals surface area contributed by atoms with E-state index in [1.54, 1.807) is 14.2 Å². The van der Waals surface area contributed by atoms with Crippen LogP contribution in [-0.4, -0.2) is 44.6 Å². The highest BCUT2D eigenvalue weighted by Gasteiger charge is 2.19. The lowest BCUT2D eigenvalue weighted by molar-refractivity contribution is -0.120. The summed E-state index contributed by atoms with van der Waals surface area (Å²) in [6.45, 7) is 3.29. The first-order chi connectivity index (χ1) is 10.6. The molecule has 122 valence electrons. The molecule has 1 fully saturated rings. The summed E-state index contributed by atoms with van der Waals surface area (Å²) < 4.78 is 16.0. The Morgan fingerprint density at radius 1 is 1.41 bits per heavy atom. The Bertz CT molecular complexity index is 503. The summed E-state index contributed by atoms with van der Waals surface area (Å²) in [4.78, 5) is 13.1. The van der Waals surface area contributed by atoms with Crippen molar-refractivity contribution >= 4 is 17.7 Å². The average molecular weight is 325 g/mol. The lowest BCUT2D eigenvalue weighted by atomic mass is 10.2. The highest BCUT2D eigenvalue weighted by Crippen LogP contribution is 2.33. The molecule has 22 heavy (non-hydrogen) atoms. The molecule has 1 N–H and O–H groups in total. The number of methoxy groups -OCH3 is 2.